The maximum absolute atomic E-state index is 4.14. The molecule has 0 aliphatic rings. The predicted molar refractivity (Wildman–Crippen MR) is 82.8 cm³/mol. The SMILES string of the molecule is CCCCCC(C)Nc1cccc(Cn2cncn2)c1. The van der Waals surface area contributed by atoms with Gasteiger partial charge in [0.2, 0.25) is 0 Å². The second-order valence-corrected chi connectivity index (χ2v) is 5.33. The van der Waals surface area contributed by atoms with Gasteiger partial charge in [0.25, 0.3) is 0 Å². The Hall–Kier alpha value is -1.84. The van der Waals surface area contributed by atoms with Crippen LogP contribution in [0.1, 0.15) is 45.1 Å². The molecule has 0 fully saturated rings. The standard InChI is InChI=1S/C16H24N4/c1-3-4-5-7-14(2)19-16-9-6-8-15(10-16)11-20-13-17-12-18-20/h6,8-10,12-14,19H,3-5,7,11H2,1-2H3. The van der Waals surface area contributed by atoms with Crippen LogP contribution in [0.4, 0.5) is 5.69 Å². The summed E-state index contributed by atoms with van der Waals surface area (Å²) in [6.07, 6.45) is 8.42. The minimum absolute atomic E-state index is 0.517. The number of aromatic nitrogens is 3. The molecule has 1 atom stereocenters. The molecule has 0 bridgehead atoms. The van der Waals surface area contributed by atoms with Gasteiger partial charge >= 0.3 is 0 Å². The van der Waals surface area contributed by atoms with Gasteiger partial charge in [-0.25, -0.2) is 9.67 Å². The van der Waals surface area contributed by atoms with E-state index in [0.717, 1.165) is 6.54 Å². The Morgan fingerprint density at radius 3 is 2.95 bits per heavy atom. The van der Waals surface area contributed by atoms with E-state index in [0.29, 0.717) is 6.04 Å². The van der Waals surface area contributed by atoms with Crippen LogP contribution in [-0.2, 0) is 6.54 Å². The van der Waals surface area contributed by atoms with Crippen molar-refractivity contribution in [3.8, 4) is 0 Å². The summed E-state index contributed by atoms with van der Waals surface area (Å²) in [5.41, 5.74) is 2.42. The molecule has 2 aromatic rings. The topological polar surface area (TPSA) is 42.7 Å². The first-order valence-electron chi connectivity index (χ1n) is 7.46. The van der Waals surface area contributed by atoms with Gasteiger partial charge in [0, 0.05) is 11.7 Å². The molecule has 1 heterocycles. The number of benzene rings is 1. The minimum Gasteiger partial charge on any atom is -0.383 e. The molecule has 1 aromatic heterocycles. The Labute approximate surface area is 121 Å². The average Bonchev–Trinajstić information content (AvgIpc) is 2.92. The molecule has 0 saturated carbocycles. The maximum Gasteiger partial charge on any atom is 0.137 e. The lowest BCUT2D eigenvalue weighted by molar-refractivity contribution is 0.615. The van der Waals surface area contributed by atoms with Gasteiger partial charge in [-0.15, -0.1) is 0 Å². The Balaban J connectivity index is 1.88. The van der Waals surface area contributed by atoms with Crippen LogP contribution in [0.25, 0.3) is 0 Å². The lowest BCUT2D eigenvalue weighted by atomic mass is 10.1. The van der Waals surface area contributed by atoms with Crippen molar-refractivity contribution >= 4 is 5.69 Å². The smallest absolute Gasteiger partial charge is 0.137 e. The van der Waals surface area contributed by atoms with Gasteiger partial charge in [0.1, 0.15) is 12.7 Å². The van der Waals surface area contributed by atoms with Crippen LogP contribution >= 0.6 is 0 Å². The third-order valence-electron chi connectivity index (χ3n) is 3.39. The zero-order valence-corrected chi connectivity index (χ0v) is 12.4. The van der Waals surface area contributed by atoms with E-state index < -0.39 is 0 Å². The zero-order valence-electron chi connectivity index (χ0n) is 12.4. The van der Waals surface area contributed by atoms with E-state index in [9.17, 15) is 0 Å². The maximum atomic E-state index is 4.14. The molecule has 1 N–H and O–H groups in total. The number of nitrogens with one attached hydrogen (secondary N) is 1. The van der Waals surface area contributed by atoms with E-state index >= 15 is 0 Å². The Bertz CT molecular complexity index is 493. The van der Waals surface area contributed by atoms with Gasteiger partial charge in [0.05, 0.1) is 6.54 Å². The summed E-state index contributed by atoms with van der Waals surface area (Å²) in [6, 6.07) is 9.05. The third-order valence-corrected chi connectivity index (χ3v) is 3.39. The van der Waals surface area contributed by atoms with Crippen LogP contribution in [0.3, 0.4) is 0 Å². The molecule has 108 valence electrons. The molecule has 20 heavy (non-hydrogen) atoms. The van der Waals surface area contributed by atoms with E-state index in [-0.39, 0.29) is 0 Å². The van der Waals surface area contributed by atoms with Crippen molar-refractivity contribution in [3.05, 3.63) is 42.5 Å². The van der Waals surface area contributed by atoms with Crippen molar-refractivity contribution in [1.29, 1.82) is 0 Å². The van der Waals surface area contributed by atoms with Gasteiger partial charge in [-0.05, 0) is 31.0 Å². The van der Waals surface area contributed by atoms with E-state index in [4.69, 9.17) is 0 Å². The molecular weight excluding hydrogens is 248 g/mol. The lowest BCUT2D eigenvalue weighted by Gasteiger charge is -2.15. The number of hydrogen-bond donors (Lipinski definition) is 1. The van der Waals surface area contributed by atoms with Crippen LogP contribution in [0.15, 0.2) is 36.9 Å². The highest BCUT2D eigenvalue weighted by molar-refractivity contribution is 5.46. The molecule has 0 aliphatic heterocycles. The summed E-state index contributed by atoms with van der Waals surface area (Å²) in [5.74, 6) is 0. The first kappa shape index (κ1) is 14.6. The van der Waals surface area contributed by atoms with E-state index in [1.807, 2.05) is 4.68 Å². The highest BCUT2D eigenvalue weighted by atomic mass is 15.3. The Morgan fingerprint density at radius 1 is 1.30 bits per heavy atom. The molecule has 0 radical (unpaired) electrons. The van der Waals surface area contributed by atoms with Gasteiger partial charge in [-0.1, -0.05) is 38.3 Å². The van der Waals surface area contributed by atoms with Crippen molar-refractivity contribution in [3.63, 3.8) is 0 Å². The Morgan fingerprint density at radius 2 is 2.20 bits per heavy atom. The average molecular weight is 272 g/mol. The molecule has 2 rings (SSSR count). The highest BCUT2D eigenvalue weighted by Gasteiger charge is 2.03. The van der Waals surface area contributed by atoms with Crippen LogP contribution in [0.2, 0.25) is 0 Å². The van der Waals surface area contributed by atoms with Crippen LogP contribution in [0.5, 0.6) is 0 Å². The molecule has 1 unspecified atom stereocenters. The predicted octanol–water partition coefficient (Wildman–Crippen LogP) is 3.71. The van der Waals surface area contributed by atoms with Crippen molar-refractivity contribution < 1.29 is 0 Å². The molecule has 0 spiro atoms. The number of nitrogens with zero attached hydrogens (tertiary/aromatic N) is 3. The number of hydrogen-bond acceptors (Lipinski definition) is 3. The van der Waals surface area contributed by atoms with Crippen LogP contribution in [-0.4, -0.2) is 20.8 Å². The number of anilines is 1. The quantitative estimate of drug-likeness (QED) is 0.745. The molecule has 0 saturated heterocycles. The molecule has 1 aromatic carbocycles. The summed E-state index contributed by atoms with van der Waals surface area (Å²) >= 11 is 0. The van der Waals surface area contributed by atoms with E-state index in [1.54, 1.807) is 12.7 Å². The first-order valence-corrected chi connectivity index (χ1v) is 7.46. The van der Waals surface area contributed by atoms with Crippen molar-refractivity contribution in [2.75, 3.05) is 5.32 Å². The fourth-order valence-corrected chi connectivity index (χ4v) is 2.32. The zero-order chi connectivity index (χ0) is 14.2. The highest BCUT2D eigenvalue weighted by Crippen LogP contribution is 2.15. The minimum atomic E-state index is 0.517. The first-order chi connectivity index (χ1) is 9.78. The van der Waals surface area contributed by atoms with Crippen LogP contribution in [0, 0.1) is 0 Å². The van der Waals surface area contributed by atoms with Crippen molar-refractivity contribution in [1.82, 2.24) is 14.8 Å². The molecule has 4 heteroatoms. The van der Waals surface area contributed by atoms with Gasteiger partial charge in [-0.3, -0.25) is 0 Å². The van der Waals surface area contributed by atoms with Gasteiger partial charge in [0.15, 0.2) is 0 Å². The molecule has 0 aliphatic carbocycles. The monoisotopic (exact) mass is 272 g/mol. The Kier molecular flexibility index (Phi) is 5.59. The van der Waals surface area contributed by atoms with Crippen LogP contribution < -0.4 is 5.32 Å². The summed E-state index contributed by atoms with van der Waals surface area (Å²) < 4.78 is 1.84. The van der Waals surface area contributed by atoms with E-state index in [1.165, 1.54) is 36.9 Å². The summed E-state index contributed by atoms with van der Waals surface area (Å²) in [6.45, 7) is 5.26. The van der Waals surface area contributed by atoms with Gasteiger partial charge in [-0.2, -0.15) is 5.10 Å². The summed E-state index contributed by atoms with van der Waals surface area (Å²) in [5, 5.41) is 7.71. The molecule has 4 nitrogen and oxygen atoms in total. The molecule has 0 amide bonds. The van der Waals surface area contributed by atoms with Crippen molar-refractivity contribution in [2.45, 2.75) is 52.1 Å². The normalized spacial score (nSPS) is 12.3. The second kappa shape index (κ2) is 7.68. The fourth-order valence-electron chi connectivity index (χ4n) is 2.32. The largest absolute Gasteiger partial charge is 0.383 e. The van der Waals surface area contributed by atoms with Gasteiger partial charge < -0.3 is 5.32 Å². The molecular formula is C16H24N4. The summed E-state index contributed by atoms with van der Waals surface area (Å²) in [7, 11) is 0. The number of rotatable bonds is 8. The number of unbranched alkanes of at least 4 members (excludes halogenated alkanes) is 2. The summed E-state index contributed by atoms with van der Waals surface area (Å²) in [4.78, 5) is 3.97. The van der Waals surface area contributed by atoms with Crippen molar-refractivity contribution in [2.24, 2.45) is 0 Å². The van der Waals surface area contributed by atoms with E-state index in [2.05, 4.69) is 53.5 Å². The second-order valence-electron chi connectivity index (χ2n) is 5.33. The third kappa shape index (κ3) is 4.68. The fraction of sp³-hybridized carbons (Fsp3) is 0.500. The lowest BCUT2D eigenvalue weighted by Crippen LogP contribution is -2.15.